The molecule has 2 atom stereocenters. The third-order valence-corrected chi connectivity index (χ3v) is 4.28. The molecular weight excluding hydrogens is 310 g/mol. The van der Waals surface area contributed by atoms with Crippen LogP contribution in [0, 0.1) is 0 Å². The fraction of sp³-hybridized carbons (Fsp3) is 0.500. The maximum atomic E-state index is 12.6. The molecular formula is C16H21N5O3. The van der Waals surface area contributed by atoms with Crippen LogP contribution in [0.15, 0.2) is 30.6 Å². The van der Waals surface area contributed by atoms with Crippen molar-refractivity contribution in [1.82, 2.24) is 25.1 Å². The van der Waals surface area contributed by atoms with Crippen LogP contribution >= 0.6 is 0 Å². The van der Waals surface area contributed by atoms with Crippen molar-refractivity contribution in [1.29, 1.82) is 0 Å². The van der Waals surface area contributed by atoms with Crippen molar-refractivity contribution < 1.29 is 14.3 Å². The number of carbonyl (C=O) groups excluding carboxylic acids is 1. The molecule has 0 bridgehead atoms. The third-order valence-electron chi connectivity index (χ3n) is 4.28. The number of amides is 1. The fourth-order valence-corrected chi connectivity index (χ4v) is 3.03. The third kappa shape index (κ3) is 3.09. The van der Waals surface area contributed by atoms with Crippen molar-refractivity contribution in [2.45, 2.75) is 24.9 Å². The Morgan fingerprint density at radius 1 is 1.12 bits per heavy atom. The first-order valence-corrected chi connectivity index (χ1v) is 7.92. The molecule has 8 nitrogen and oxygen atoms in total. The molecule has 1 aliphatic heterocycles. The van der Waals surface area contributed by atoms with Gasteiger partial charge in [0.25, 0.3) is 5.91 Å². The molecule has 1 amide bonds. The van der Waals surface area contributed by atoms with E-state index in [1.807, 2.05) is 29.2 Å². The number of tetrazole rings is 1. The van der Waals surface area contributed by atoms with Crippen LogP contribution < -0.4 is 4.74 Å². The van der Waals surface area contributed by atoms with Gasteiger partial charge in [-0.05, 0) is 41.0 Å². The van der Waals surface area contributed by atoms with Gasteiger partial charge in [-0.15, -0.1) is 5.10 Å². The zero-order valence-electron chi connectivity index (χ0n) is 13.8. The molecule has 24 heavy (non-hydrogen) atoms. The van der Waals surface area contributed by atoms with E-state index in [9.17, 15) is 4.79 Å². The van der Waals surface area contributed by atoms with Crippen molar-refractivity contribution in [2.75, 3.05) is 27.4 Å². The van der Waals surface area contributed by atoms with Gasteiger partial charge in [0.1, 0.15) is 12.1 Å². The second-order valence-corrected chi connectivity index (χ2v) is 5.68. The number of aromatic nitrogens is 4. The normalized spacial score (nSPS) is 20.1. The Morgan fingerprint density at radius 2 is 1.92 bits per heavy atom. The summed E-state index contributed by atoms with van der Waals surface area (Å²) in [7, 11) is 3.32. The predicted molar refractivity (Wildman–Crippen MR) is 85.4 cm³/mol. The van der Waals surface area contributed by atoms with E-state index in [4.69, 9.17) is 9.47 Å². The summed E-state index contributed by atoms with van der Waals surface area (Å²) in [4.78, 5) is 14.5. The Labute approximate surface area is 140 Å². The van der Waals surface area contributed by atoms with Gasteiger partial charge in [-0.2, -0.15) is 0 Å². The second kappa shape index (κ2) is 7.39. The van der Waals surface area contributed by atoms with Crippen LogP contribution in [0.25, 0.3) is 0 Å². The van der Waals surface area contributed by atoms with Gasteiger partial charge in [0.2, 0.25) is 0 Å². The largest absolute Gasteiger partial charge is 0.497 e. The van der Waals surface area contributed by atoms with Crippen molar-refractivity contribution >= 4 is 5.91 Å². The first kappa shape index (κ1) is 16.4. The zero-order chi connectivity index (χ0) is 16.9. The molecule has 3 rings (SSSR count). The summed E-state index contributed by atoms with van der Waals surface area (Å²) in [6.45, 7) is 1.39. The standard InChI is InChI=1S/C16H21N5O3/c1-23-10-4-3-9-20-14(12-5-7-13(24-2)8-6-12)15(16(20)22)21-11-17-18-19-21/h5-8,11,14-15H,3-4,9-10H2,1-2H3/t14-,15+/m0/s1. The van der Waals surface area contributed by atoms with Crippen molar-refractivity contribution in [3.63, 3.8) is 0 Å². The van der Waals surface area contributed by atoms with Crippen molar-refractivity contribution in [3.8, 4) is 5.75 Å². The molecule has 2 heterocycles. The van der Waals surface area contributed by atoms with E-state index in [1.165, 1.54) is 11.0 Å². The van der Waals surface area contributed by atoms with Crippen LogP contribution in [0.4, 0.5) is 0 Å². The number of hydrogen-bond acceptors (Lipinski definition) is 6. The highest BCUT2D eigenvalue weighted by Crippen LogP contribution is 2.43. The molecule has 0 unspecified atom stereocenters. The lowest BCUT2D eigenvalue weighted by Gasteiger charge is -2.47. The molecule has 0 aliphatic carbocycles. The van der Waals surface area contributed by atoms with Gasteiger partial charge in [0.15, 0.2) is 6.04 Å². The zero-order valence-corrected chi connectivity index (χ0v) is 13.8. The molecule has 0 radical (unpaired) electrons. The van der Waals surface area contributed by atoms with E-state index in [0.29, 0.717) is 13.2 Å². The number of hydrogen-bond donors (Lipinski definition) is 0. The maximum absolute atomic E-state index is 12.6. The molecule has 0 saturated carbocycles. The van der Waals surface area contributed by atoms with E-state index < -0.39 is 6.04 Å². The minimum atomic E-state index is -0.393. The number of nitrogens with zero attached hydrogens (tertiary/aromatic N) is 5. The number of ether oxygens (including phenoxy) is 2. The number of methoxy groups -OCH3 is 2. The first-order chi connectivity index (χ1) is 11.8. The Balaban J connectivity index is 1.78. The summed E-state index contributed by atoms with van der Waals surface area (Å²) in [5, 5.41) is 11.2. The van der Waals surface area contributed by atoms with Gasteiger partial charge in [-0.25, -0.2) is 4.68 Å². The predicted octanol–water partition coefficient (Wildman–Crippen LogP) is 1.23. The van der Waals surface area contributed by atoms with Gasteiger partial charge in [0, 0.05) is 20.3 Å². The quantitative estimate of drug-likeness (QED) is 0.534. The van der Waals surface area contributed by atoms with Crippen molar-refractivity contribution in [2.24, 2.45) is 0 Å². The van der Waals surface area contributed by atoms with E-state index >= 15 is 0 Å². The van der Waals surface area contributed by atoms with Crippen LogP contribution in [0.1, 0.15) is 30.5 Å². The number of rotatable bonds is 8. The SMILES string of the molecule is COCCCCN1C(=O)[C@H](n2cnnn2)[C@@H]1c1ccc(OC)cc1. The molecule has 2 aromatic rings. The minimum Gasteiger partial charge on any atom is -0.497 e. The summed E-state index contributed by atoms with van der Waals surface area (Å²) in [6, 6.07) is 7.30. The minimum absolute atomic E-state index is 0.0422. The highest BCUT2D eigenvalue weighted by molar-refractivity contribution is 5.88. The number of β-lactam (4-membered cyclic amide) rings is 1. The molecule has 0 N–H and O–H groups in total. The Morgan fingerprint density at radius 3 is 2.54 bits per heavy atom. The van der Waals surface area contributed by atoms with Crippen LogP contribution in [-0.2, 0) is 9.53 Å². The average molecular weight is 331 g/mol. The van der Waals surface area contributed by atoms with Crippen LogP contribution in [0.3, 0.4) is 0 Å². The number of benzene rings is 1. The summed E-state index contributed by atoms with van der Waals surface area (Å²) in [5.74, 6) is 0.829. The highest BCUT2D eigenvalue weighted by atomic mass is 16.5. The monoisotopic (exact) mass is 331 g/mol. The molecule has 8 heteroatoms. The lowest BCUT2D eigenvalue weighted by Crippen LogP contribution is -2.55. The van der Waals surface area contributed by atoms with Gasteiger partial charge >= 0.3 is 0 Å². The summed E-state index contributed by atoms with van der Waals surface area (Å²) in [5.41, 5.74) is 1.04. The fourth-order valence-electron chi connectivity index (χ4n) is 3.03. The summed E-state index contributed by atoms with van der Waals surface area (Å²) in [6.07, 6.45) is 3.31. The molecule has 1 aromatic heterocycles. The van der Waals surface area contributed by atoms with E-state index in [2.05, 4.69) is 15.5 Å². The van der Waals surface area contributed by atoms with Crippen LogP contribution in [0.5, 0.6) is 5.75 Å². The van der Waals surface area contributed by atoms with Crippen LogP contribution in [-0.4, -0.2) is 58.4 Å². The highest BCUT2D eigenvalue weighted by Gasteiger charge is 2.49. The first-order valence-electron chi connectivity index (χ1n) is 7.92. The molecule has 0 spiro atoms. The summed E-state index contributed by atoms with van der Waals surface area (Å²) >= 11 is 0. The molecule has 1 saturated heterocycles. The number of carbonyl (C=O) groups is 1. The van der Waals surface area contributed by atoms with E-state index in [-0.39, 0.29) is 11.9 Å². The molecule has 1 aromatic carbocycles. The molecule has 1 aliphatic rings. The number of unbranched alkanes of at least 4 members (excludes halogenated alkanes) is 1. The van der Waals surface area contributed by atoms with Gasteiger partial charge in [0.05, 0.1) is 13.2 Å². The van der Waals surface area contributed by atoms with Crippen molar-refractivity contribution in [3.05, 3.63) is 36.2 Å². The smallest absolute Gasteiger partial charge is 0.250 e. The van der Waals surface area contributed by atoms with E-state index in [0.717, 1.165) is 24.2 Å². The second-order valence-electron chi connectivity index (χ2n) is 5.68. The maximum Gasteiger partial charge on any atom is 0.250 e. The number of likely N-dealkylation sites (tertiary alicyclic amines) is 1. The lowest BCUT2D eigenvalue weighted by molar-refractivity contribution is -0.156. The Hall–Kier alpha value is -2.48. The van der Waals surface area contributed by atoms with Gasteiger partial charge in [-0.3, -0.25) is 4.79 Å². The Kier molecular flexibility index (Phi) is 5.05. The molecule has 128 valence electrons. The van der Waals surface area contributed by atoms with Gasteiger partial charge < -0.3 is 14.4 Å². The average Bonchev–Trinajstić information content (AvgIpc) is 3.13. The molecule has 1 fully saturated rings. The van der Waals surface area contributed by atoms with Gasteiger partial charge in [-0.1, -0.05) is 12.1 Å². The Bertz CT molecular complexity index is 659. The summed E-state index contributed by atoms with van der Waals surface area (Å²) < 4.78 is 11.8. The van der Waals surface area contributed by atoms with Crippen LogP contribution in [0.2, 0.25) is 0 Å². The lowest BCUT2D eigenvalue weighted by atomic mass is 9.88. The van der Waals surface area contributed by atoms with E-state index in [1.54, 1.807) is 14.2 Å². The topological polar surface area (TPSA) is 82.4 Å².